The average Bonchev–Trinajstić information content (AvgIpc) is 3.54. The fourth-order valence-corrected chi connectivity index (χ4v) is 8.20. The van der Waals surface area contributed by atoms with E-state index in [1.54, 1.807) is 12.1 Å². The normalized spacial score (nSPS) is 21.5. The zero-order chi connectivity index (χ0) is 29.1. The van der Waals surface area contributed by atoms with Crippen molar-refractivity contribution in [3.8, 4) is 0 Å². The van der Waals surface area contributed by atoms with E-state index in [4.69, 9.17) is 4.98 Å². The highest BCUT2D eigenvalue weighted by Crippen LogP contribution is 2.39. The minimum absolute atomic E-state index is 0.00438. The van der Waals surface area contributed by atoms with Crippen molar-refractivity contribution in [1.29, 1.82) is 0 Å². The number of likely N-dealkylation sites (tertiary alicyclic amines) is 2. The van der Waals surface area contributed by atoms with Crippen LogP contribution in [0.5, 0.6) is 0 Å². The Morgan fingerprint density at radius 1 is 1.07 bits per heavy atom. The fourth-order valence-electron chi connectivity index (χ4n) is 6.84. The number of aromatic nitrogens is 1. The molecule has 2 aliphatic heterocycles. The molecule has 5 nitrogen and oxygen atoms in total. The highest BCUT2D eigenvalue weighted by Gasteiger charge is 2.41. The van der Waals surface area contributed by atoms with Gasteiger partial charge in [0.2, 0.25) is 0 Å². The highest BCUT2D eigenvalue weighted by atomic mass is 32.1. The standard InChI is InChI=1S/C33H41F2N3O2S/c1-4-29-32(41-30(36-29)16-22-8-10-26(34)11-9-22)23-12-14-37(15-13-23)18-25-19-38(31(21(2)3)33(39)40)20-28(25)24-6-5-7-27(35)17-24/h5-11,17,21,23,25,28,31H,4,12-16,18-20H2,1-3H3,(H,39,40)/t25-,28+,31+/m0/s1. The number of rotatable bonds is 10. The minimum Gasteiger partial charge on any atom is -0.480 e. The van der Waals surface area contributed by atoms with E-state index in [9.17, 15) is 18.7 Å². The van der Waals surface area contributed by atoms with Crippen molar-refractivity contribution in [3.63, 3.8) is 0 Å². The Hall–Kier alpha value is -2.68. The van der Waals surface area contributed by atoms with E-state index in [1.807, 2.05) is 43.4 Å². The summed E-state index contributed by atoms with van der Waals surface area (Å²) in [5.74, 6) is -0.419. The van der Waals surface area contributed by atoms with E-state index in [2.05, 4.69) is 16.7 Å². The zero-order valence-corrected chi connectivity index (χ0v) is 25.0. The Morgan fingerprint density at radius 2 is 1.80 bits per heavy atom. The number of carboxylic acid groups (broad SMARTS) is 1. The maximum Gasteiger partial charge on any atom is 0.321 e. The molecule has 0 spiro atoms. The summed E-state index contributed by atoms with van der Waals surface area (Å²) in [5, 5.41) is 11.0. The second-order valence-corrected chi connectivity index (χ2v) is 13.2. The van der Waals surface area contributed by atoms with Crippen LogP contribution in [0.25, 0.3) is 0 Å². The molecule has 5 rings (SSSR count). The summed E-state index contributed by atoms with van der Waals surface area (Å²) < 4.78 is 27.5. The van der Waals surface area contributed by atoms with Crippen LogP contribution in [0, 0.1) is 23.5 Å². The van der Waals surface area contributed by atoms with E-state index < -0.39 is 12.0 Å². The van der Waals surface area contributed by atoms with Crippen LogP contribution in [0.1, 0.15) is 72.2 Å². The number of nitrogens with zero attached hydrogens (tertiary/aromatic N) is 3. The topological polar surface area (TPSA) is 56.7 Å². The van der Waals surface area contributed by atoms with Gasteiger partial charge < -0.3 is 10.0 Å². The third-order valence-corrected chi connectivity index (χ3v) is 10.1. The van der Waals surface area contributed by atoms with Crippen molar-refractivity contribution < 1.29 is 18.7 Å². The number of carboxylic acids is 1. The molecule has 3 heterocycles. The van der Waals surface area contributed by atoms with E-state index in [0.717, 1.165) is 61.5 Å². The summed E-state index contributed by atoms with van der Waals surface area (Å²) in [6, 6.07) is 13.0. The van der Waals surface area contributed by atoms with Crippen molar-refractivity contribution in [2.24, 2.45) is 11.8 Å². The molecule has 0 amide bonds. The van der Waals surface area contributed by atoms with Crippen LogP contribution in [-0.4, -0.2) is 64.6 Å². The lowest BCUT2D eigenvalue weighted by atomic mass is 9.87. The molecule has 2 aromatic carbocycles. The Kier molecular flexibility index (Phi) is 9.52. The van der Waals surface area contributed by atoms with E-state index in [0.29, 0.717) is 19.0 Å². The molecule has 0 saturated carbocycles. The molecule has 1 aromatic heterocycles. The van der Waals surface area contributed by atoms with Crippen LogP contribution in [-0.2, 0) is 17.6 Å². The van der Waals surface area contributed by atoms with E-state index >= 15 is 0 Å². The first-order valence-corrected chi connectivity index (χ1v) is 15.7. The van der Waals surface area contributed by atoms with Gasteiger partial charge in [0.1, 0.15) is 17.7 Å². The molecule has 2 aliphatic rings. The number of benzene rings is 2. The number of piperidine rings is 1. The quantitative estimate of drug-likeness (QED) is 0.293. The van der Waals surface area contributed by atoms with Gasteiger partial charge >= 0.3 is 5.97 Å². The Morgan fingerprint density at radius 3 is 2.44 bits per heavy atom. The van der Waals surface area contributed by atoms with Gasteiger partial charge in [-0.15, -0.1) is 11.3 Å². The predicted molar refractivity (Wildman–Crippen MR) is 160 cm³/mol. The van der Waals surface area contributed by atoms with Crippen molar-refractivity contribution >= 4 is 17.3 Å². The number of hydrogen-bond acceptors (Lipinski definition) is 5. The third-order valence-electron chi connectivity index (χ3n) is 8.85. The van der Waals surface area contributed by atoms with Gasteiger partial charge in [0.15, 0.2) is 0 Å². The van der Waals surface area contributed by atoms with Crippen LogP contribution >= 0.6 is 11.3 Å². The molecule has 3 aromatic rings. The van der Waals surface area contributed by atoms with Gasteiger partial charge in [-0.3, -0.25) is 9.69 Å². The van der Waals surface area contributed by atoms with Gasteiger partial charge in [-0.25, -0.2) is 13.8 Å². The maximum absolute atomic E-state index is 14.2. The van der Waals surface area contributed by atoms with Gasteiger partial charge in [-0.2, -0.15) is 0 Å². The molecule has 0 unspecified atom stereocenters. The van der Waals surface area contributed by atoms with Crippen LogP contribution in [0.4, 0.5) is 8.78 Å². The van der Waals surface area contributed by atoms with Crippen molar-refractivity contribution in [3.05, 3.63) is 86.9 Å². The summed E-state index contributed by atoms with van der Waals surface area (Å²) in [5.41, 5.74) is 3.23. The maximum atomic E-state index is 14.2. The van der Waals surface area contributed by atoms with Gasteiger partial charge in [0.05, 0.1) is 10.7 Å². The van der Waals surface area contributed by atoms with Crippen LogP contribution in [0.15, 0.2) is 48.5 Å². The average molecular weight is 582 g/mol. The number of thiazole rings is 1. The second kappa shape index (κ2) is 13.1. The fraction of sp³-hybridized carbons (Fsp3) is 0.515. The molecule has 8 heteroatoms. The number of halogens is 2. The summed E-state index contributed by atoms with van der Waals surface area (Å²) >= 11 is 1.81. The summed E-state index contributed by atoms with van der Waals surface area (Å²) in [4.78, 5) is 23.1. The molecule has 0 bridgehead atoms. The second-order valence-electron chi connectivity index (χ2n) is 12.1. The Bertz CT molecular complexity index is 1320. The van der Waals surface area contributed by atoms with Gasteiger partial charge in [-0.05, 0) is 85.5 Å². The van der Waals surface area contributed by atoms with Crippen LogP contribution in [0.2, 0.25) is 0 Å². The smallest absolute Gasteiger partial charge is 0.321 e. The van der Waals surface area contributed by atoms with Crippen LogP contribution in [0.3, 0.4) is 0 Å². The van der Waals surface area contributed by atoms with Gasteiger partial charge in [0.25, 0.3) is 0 Å². The van der Waals surface area contributed by atoms with Crippen molar-refractivity contribution in [1.82, 2.24) is 14.8 Å². The summed E-state index contributed by atoms with van der Waals surface area (Å²) in [6.07, 6.45) is 3.76. The Balaban J connectivity index is 1.25. The van der Waals surface area contributed by atoms with Gasteiger partial charge in [-0.1, -0.05) is 45.0 Å². The molecule has 0 radical (unpaired) electrons. The minimum atomic E-state index is -0.783. The summed E-state index contributed by atoms with van der Waals surface area (Å²) in [6.45, 7) is 10.3. The molecular weight excluding hydrogens is 540 g/mol. The zero-order valence-electron chi connectivity index (χ0n) is 24.2. The first-order chi connectivity index (χ1) is 19.7. The first-order valence-electron chi connectivity index (χ1n) is 14.9. The molecule has 41 heavy (non-hydrogen) atoms. The molecular formula is C33H41F2N3O2S. The first kappa shape index (κ1) is 29.8. The lowest BCUT2D eigenvalue weighted by Gasteiger charge is -2.34. The number of aryl methyl sites for hydroxylation is 1. The SMILES string of the molecule is CCc1nc(Cc2ccc(F)cc2)sc1C1CCN(C[C@H]2CN([C@@H](C(=O)O)C(C)C)C[C@@H]2c2cccc(F)c2)CC1. The number of carbonyl (C=O) groups is 1. The number of hydrogen-bond donors (Lipinski definition) is 1. The highest BCUT2D eigenvalue weighted by molar-refractivity contribution is 7.11. The molecule has 3 atom stereocenters. The van der Waals surface area contributed by atoms with E-state index in [-0.39, 0.29) is 29.4 Å². The molecule has 220 valence electrons. The number of aliphatic carboxylic acids is 1. The lowest BCUT2D eigenvalue weighted by molar-refractivity contribution is -0.144. The third kappa shape index (κ3) is 7.04. The van der Waals surface area contributed by atoms with Crippen LogP contribution < -0.4 is 0 Å². The predicted octanol–water partition coefficient (Wildman–Crippen LogP) is 6.58. The monoisotopic (exact) mass is 581 g/mol. The Labute approximate surface area is 246 Å². The van der Waals surface area contributed by atoms with Crippen molar-refractivity contribution in [2.45, 2.75) is 64.3 Å². The summed E-state index contributed by atoms with van der Waals surface area (Å²) in [7, 11) is 0. The molecule has 2 fully saturated rings. The van der Waals surface area contributed by atoms with Crippen molar-refractivity contribution in [2.75, 3.05) is 32.7 Å². The van der Waals surface area contributed by atoms with E-state index in [1.165, 1.54) is 28.8 Å². The largest absolute Gasteiger partial charge is 0.480 e. The molecule has 2 saturated heterocycles. The lowest BCUT2D eigenvalue weighted by Crippen LogP contribution is -2.44. The van der Waals surface area contributed by atoms with Gasteiger partial charge in [0, 0.05) is 36.9 Å². The molecule has 0 aliphatic carbocycles. The molecule has 1 N–H and O–H groups in total.